The second-order valence-corrected chi connectivity index (χ2v) is 9.08. The highest BCUT2D eigenvalue weighted by molar-refractivity contribution is 7.99. The fourth-order valence-corrected chi connectivity index (χ4v) is 5.16. The molecule has 1 atom stereocenters. The Morgan fingerprint density at radius 1 is 1.08 bits per heavy atom. The average molecular weight is 391 g/mol. The van der Waals surface area contributed by atoms with Crippen molar-refractivity contribution in [3.8, 4) is 0 Å². The maximum atomic E-state index is 12.8. The number of aromatic nitrogens is 3. The summed E-state index contributed by atoms with van der Waals surface area (Å²) in [5.74, 6) is 0. The van der Waals surface area contributed by atoms with Gasteiger partial charge in [0.2, 0.25) is 10.0 Å². The summed E-state index contributed by atoms with van der Waals surface area (Å²) in [6.45, 7) is 6.64. The molecule has 2 aromatic heterocycles. The lowest BCUT2D eigenvalue weighted by molar-refractivity contribution is 0.445. The SMILES string of the molecule is CCN(CC)S(=O)(=O)c1ccc2nnc(SC(C)c3ccccc3)n2c1. The van der Waals surface area contributed by atoms with Crippen LogP contribution < -0.4 is 0 Å². The van der Waals surface area contributed by atoms with Crippen LogP contribution in [0.3, 0.4) is 0 Å². The van der Waals surface area contributed by atoms with Gasteiger partial charge in [-0.1, -0.05) is 55.9 Å². The minimum absolute atomic E-state index is 0.173. The Morgan fingerprint density at radius 2 is 1.77 bits per heavy atom. The molecule has 0 fully saturated rings. The number of pyridine rings is 1. The van der Waals surface area contributed by atoms with E-state index < -0.39 is 10.0 Å². The van der Waals surface area contributed by atoms with E-state index in [0.29, 0.717) is 23.9 Å². The highest BCUT2D eigenvalue weighted by atomic mass is 32.2. The Bertz CT molecular complexity index is 983. The minimum Gasteiger partial charge on any atom is -0.276 e. The van der Waals surface area contributed by atoms with Crippen LogP contribution in [0.2, 0.25) is 0 Å². The minimum atomic E-state index is -3.52. The van der Waals surface area contributed by atoms with Gasteiger partial charge in [-0.3, -0.25) is 4.40 Å². The van der Waals surface area contributed by atoms with Crippen molar-refractivity contribution in [3.05, 3.63) is 54.2 Å². The van der Waals surface area contributed by atoms with Gasteiger partial charge in [0, 0.05) is 24.5 Å². The normalized spacial score (nSPS) is 13.4. The molecule has 3 aromatic rings. The van der Waals surface area contributed by atoms with Crippen LogP contribution in [-0.4, -0.2) is 40.4 Å². The largest absolute Gasteiger partial charge is 0.276 e. The van der Waals surface area contributed by atoms with Gasteiger partial charge in [0.25, 0.3) is 0 Å². The Kier molecular flexibility index (Phi) is 5.64. The Balaban J connectivity index is 1.96. The summed E-state index contributed by atoms with van der Waals surface area (Å²) in [5, 5.41) is 9.24. The van der Waals surface area contributed by atoms with Crippen LogP contribution in [0.5, 0.6) is 0 Å². The molecule has 1 unspecified atom stereocenters. The Labute approximate surface area is 158 Å². The molecule has 0 spiro atoms. The molecular formula is C18H22N4O2S2. The highest BCUT2D eigenvalue weighted by Crippen LogP contribution is 2.34. The van der Waals surface area contributed by atoms with E-state index in [1.54, 1.807) is 34.5 Å². The Morgan fingerprint density at radius 3 is 2.42 bits per heavy atom. The van der Waals surface area contributed by atoms with Crippen molar-refractivity contribution < 1.29 is 8.42 Å². The van der Waals surface area contributed by atoms with Gasteiger partial charge in [0.15, 0.2) is 10.8 Å². The molecule has 26 heavy (non-hydrogen) atoms. The molecule has 0 bridgehead atoms. The van der Waals surface area contributed by atoms with Crippen LogP contribution in [0.1, 0.15) is 31.6 Å². The van der Waals surface area contributed by atoms with Crippen molar-refractivity contribution in [1.82, 2.24) is 18.9 Å². The summed E-state index contributed by atoms with van der Waals surface area (Å²) in [7, 11) is -3.52. The lowest BCUT2D eigenvalue weighted by Gasteiger charge is -2.18. The van der Waals surface area contributed by atoms with E-state index in [0.717, 1.165) is 0 Å². The van der Waals surface area contributed by atoms with Gasteiger partial charge in [-0.15, -0.1) is 10.2 Å². The van der Waals surface area contributed by atoms with E-state index in [-0.39, 0.29) is 10.1 Å². The van der Waals surface area contributed by atoms with E-state index in [2.05, 4.69) is 29.3 Å². The Hall–Kier alpha value is -1.90. The van der Waals surface area contributed by atoms with Crippen molar-refractivity contribution in [1.29, 1.82) is 0 Å². The maximum Gasteiger partial charge on any atom is 0.244 e. The first-order valence-corrected chi connectivity index (χ1v) is 10.9. The van der Waals surface area contributed by atoms with Crippen molar-refractivity contribution in [2.75, 3.05) is 13.1 Å². The standard InChI is InChI=1S/C18H22N4O2S2/c1-4-21(5-2)26(23,24)16-11-12-17-19-20-18(22(17)13-16)25-14(3)15-9-7-6-8-10-15/h6-14H,4-5H2,1-3H3. The van der Waals surface area contributed by atoms with E-state index in [1.807, 2.05) is 32.0 Å². The predicted octanol–water partition coefficient (Wildman–Crippen LogP) is 3.61. The predicted molar refractivity (Wildman–Crippen MR) is 104 cm³/mol. The van der Waals surface area contributed by atoms with Crippen molar-refractivity contribution >= 4 is 27.4 Å². The number of hydrogen-bond acceptors (Lipinski definition) is 5. The fraction of sp³-hybridized carbons (Fsp3) is 0.333. The maximum absolute atomic E-state index is 12.8. The second kappa shape index (κ2) is 7.77. The number of benzene rings is 1. The third-order valence-corrected chi connectivity index (χ3v) is 7.39. The first-order chi connectivity index (χ1) is 12.5. The summed E-state index contributed by atoms with van der Waals surface area (Å²) in [6, 6.07) is 13.4. The van der Waals surface area contributed by atoms with Gasteiger partial charge in [0.1, 0.15) is 0 Å². The lowest BCUT2D eigenvalue weighted by Crippen LogP contribution is -2.30. The third-order valence-electron chi connectivity index (χ3n) is 4.24. The van der Waals surface area contributed by atoms with Gasteiger partial charge in [-0.05, 0) is 24.6 Å². The number of rotatable bonds is 7. The van der Waals surface area contributed by atoms with Gasteiger partial charge >= 0.3 is 0 Å². The molecule has 0 amide bonds. The van der Waals surface area contributed by atoms with E-state index in [9.17, 15) is 8.42 Å². The van der Waals surface area contributed by atoms with E-state index in [4.69, 9.17) is 0 Å². The van der Waals surface area contributed by atoms with Gasteiger partial charge in [-0.25, -0.2) is 8.42 Å². The fourth-order valence-electron chi connectivity index (χ4n) is 2.75. The van der Waals surface area contributed by atoms with Crippen molar-refractivity contribution in [2.24, 2.45) is 0 Å². The van der Waals surface area contributed by atoms with Crippen LogP contribution in [0, 0.1) is 0 Å². The summed E-state index contributed by atoms with van der Waals surface area (Å²) in [5.41, 5.74) is 1.81. The number of sulfonamides is 1. The average Bonchev–Trinajstić information content (AvgIpc) is 3.05. The first-order valence-electron chi connectivity index (χ1n) is 8.54. The summed E-state index contributed by atoms with van der Waals surface area (Å²) < 4.78 is 28.8. The van der Waals surface area contributed by atoms with Crippen LogP contribution in [0.25, 0.3) is 5.65 Å². The molecular weight excluding hydrogens is 368 g/mol. The zero-order valence-corrected chi connectivity index (χ0v) is 16.7. The molecule has 2 heterocycles. The van der Waals surface area contributed by atoms with Crippen molar-refractivity contribution in [2.45, 2.75) is 36.1 Å². The van der Waals surface area contributed by atoms with Crippen LogP contribution in [0.4, 0.5) is 0 Å². The molecule has 138 valence electrons. The molecule has 0 radical (unpaired) electrons. The van der Waals surface area contributed by atoms with Crippen LogP contribution in [-0.2, 0) is 10.0 Å². The summed E-state index contributed by atoms with van der Waals surface area (Å²) in [6.07, 6.45) is 1.61. The lowest BCUT2D eigenvalue weighted by atomic mass is 10.2. The third kappa shape index (κ3) is 3.62. The molecule has 0 N–H and O–H groups in total. The summed E-state index contributed by atoms with van der Waals surface area (Å²) in [4.78, 5) is 0.253. The monoisotopic (exact) mass is 390 g/mol. The molecule has 6 nitrogen and oxygen atoms in total. The molecule has 8 heteroatoms. The molecule has 0 aliphatic carbocycles. The zero-order valence-electron chi connectivity index (χ0n) is 15.0. The highest BCUT2D eigenvalue weighted by Gasteiger charge is 2.23. The van der Waals surface area contributed by atoms with Crippen LogP contribution in [0.15, 0.2) is 58.7 Å². The van der Waals surface area contributed by atoms with Crippen molar-refractivity contribution in [3.63, 3.8) is 0 Å². The second-order valence-electron chi connectivity index (χ2n) is 5.84. The topological polar surface area (TPSA) is 67.6 Å². The molecule has 0 aliphatic heterocycles. The quantitative estimate of drug-likeness (QED) is 0.577. The molecule has 0 saturated carbocycles. The molecule has 3 rings (SSSR count). The van der Waals surface area contributed by atoms with Gasteiger partial charge in [0.05, 0.1) is 4.90 Å². The molecule has 1 aromatic carbocycles. The number of hydrogen-bond donors (Lipinski definition) is 0. The van der Waals surface area contributed by atoms with E-state index >= 15 is 0 Å². The van der Waals surface area contributed by atoms with Gasteiger partial charge in [-0.2, -0.15) is 4.31 Å². The summed E-state index contributed by atoms with van der Waals surface area (Å²) >= 11 is 1.55. The number of thioether (sulfide) groups is 1. The van der Waals surface area contributed by atoms with Gasteiger partial charge < -0.3 is 0 Å². The molecule has 0 aliphatic rings. The first kappa shape index (κ1) is 18.9. The van der Waals surface area contributed by atoms with E-state index in [1.165, 1.54) is 9.87 Å². The number of fused-ring (bicyclic) bond motifs is 1. The molecule has 0 saturated heterocycles. The smallest absolute Gasteiger partial charge is 0.244 e. The number of nitrogens with zero attached hydrogens (tertiary/aromatic N) is 4. The zero-order chi connectivity index (χ0) is 18.7. The van der Waals surface area contributed by atoms with Crippen LogP contribution >= 0.6 is 11.8 Å².